The standard InChI is InChI=1S/C26H35N3O4S/c1-4-5-6-21-9-11-23(12-10-21)28-25(30)20(3)27-26(31)22-15-17-29(18-16-22)34(32,33)24-13-7-19(2)8-14-24/h7-14,20,22H,4-6,15-18H2,1-3H3,(H,27,31)(H,28,30)/t20-/m0/s1. The van der Waals surface area contributed by atoms with Crippen molar-refractivity contribution in [3.05, 3.63) is 59.7 Å². The van der Waals surface area contributed by atoms with E-state index in [1.54, 1.807) is 31.2 Å². The smallest absolute Gasteiger partial charge is 0.246 e. The fraction of sp³-hybridized carbons (Fsp3) is 0.462. The Labute approximate surface area is 203 Å². The average Bonchev–Trinajstić information content (AvgIpc) is 2.84. The number of aryl methyl sites for hydroxylation is 2. The van der Waals surface area contributed by atoms with Gasteiger partial charge in [0.15, 0.2) is 0 Å². The van der Waals surface area contributed by atoms with Crippen molar-refractivity contribution in [2.24, 2.45) is 5.92 Å². The van der Waals surface area contributed by atoms with Gasteiger partial charge in [-0.15, -0.1) is 0 Å². The van der Waals surface area contributed by atoms with Crippen LogP contribution in [0.5, 0.6) is 0 Å². The number of unbranched alkanes of at least 4 members (excludes halogenated alkanes) is 1. The van der Waals surface area contributed by atoms with E-state index in [2.05, 4.69) is 17.6 Å². The molecular weight excluding hydrogens is 450 g/mol. The molecule has 0 unspecified atom stereocenters. The van der Waals surface area contributed by atoms with Crippen LogP contribution in [0.25, 0.3) is 0 Å². The molecule has 3 rings (SSSR count). The molecule has 34 heavy (non-hydrogen) atoms. The highest BCUT2D eigenvalue weighted by molar-refractivity contribution is 7.89. The first-order chi connectivity index (χ1) is 16.2. The molecule has 2 aromatic carbocycles. The molecule has 0 aromatic heterocycles. The van der Waals surface area contributed by atoms with Gasteiger partial charge in [0.05, 0.1) is 4.90 Å². The van der Waals surface area contributed by atoms with E-state index in [1.807, 2.05) is 31.2 Å². The zero-order valence-electron chi connectivity index (χ0n) is 20.2. The minimum Gasteiger partial charge on any atom is -0.344 e. The van der Waals surface area contributed by atoms with Gasteiger partial charge in [-0.1, -0.05) is 43.2 Å². The summed E-state index contributed by atoms with van der Waals surface area (Å²) in [5.74, 6) is -0.823. The summed E-state index contributed by atoms with van der Waals surface area (Å²) in [6, 6.07) is 13.9. The van der Waals surface area contributed by atoms with Crippen LogP contribution in [0.4, 0.5) is 5.69 Å². The van der Waals surface area contributed by atoms with Gasteiger partial charge in [-0.25, -0.2) is 8.42 Å². The molecular formula is C26H35N3O4S. The van der Waals surface area contributed by atoms with Gasteiger partial charge < -0.3 is 10.6 Å². The number of carbonyl (C=O) groups excluding carboxylic acids is 2. The third kappa shape index (κ3) is 6.67. The number of hydrogen-bond donors (Lipinski definition) is 2. The Balaban J connectivity index is 1.48. The molecule has 1 fully saturated rings. The fourth-order valence-electron chi connectivity index (χ4n) is 4.00. The van der Waals surface area contributed by atoms with Crippen LogP contribution in [0.3, 0.4) is 0 Å². The number of benzene rings is 2. The number of sulfonamides is 1. The van der Waals surface area contributed by atoms with Gasteiger partial charge in [0.2, 0.25) is 21.8 Å². The van der Waals surface area contributed by atoms with Gasteiger partial charge in [-0.2, -0.15) is 4.31 Å². The number of piperidine rings is 1. The first-order valence-electron chi connectivity index (χ1n) is 12.0. The molecule has 1 aliphatic heterocycles. The van der Waals surface area contributed by atoms with Crippen molar-refractivity contribution >= 4 is 27.5 Å². The molecule has 7 nitrogen and oxygen atoms in total. The van der Waals surface area contributed by atoms with Crippen LogP contribution in [0.15, 0.2) is 53.4 Å². The molecule has 1 atom stereocenters. The molecule has 2 N–H and O–H groups in total. The summed E-state index contributed by atoms with van der Waals surface area (Å²) < 4.78 is 27.2. The summed E-state index contributed by atoms with van der Waals surface area (Å²) in [5.41, 5.74) is 2.93. The number of hydrogen-bond acceptors (Lipinski definition) is 4. The molecule has 2 aromatic rings. The van der Waals surface area contributed by atoms with Crippen LogP contribution < -0.4 is 10.6 Å². The molecule has 184 valence electrons. The molecule has 2 amide bonds. The largest absolute Gasteiger partial charge is 0.344 e. The second-order valence-electron chi connectivity index (χ2n) is 9.01. The number of anilines is 1. The van der Waals surface area contributed by atoms with Crippen molar-refractivity contribution in [2.45, 2.75) is 63.8 Å². The van der Waals surface area contributed by atoms with Crippen molar-refractivity contribution in [3.8, 4) is 0 Å². The lowest BCUT2D eigenvalue weighted by Crippen LogP contribution is -2.47. The van der Waals surface area contributed by atoms with Crippen LogP contribution in [-0.4, -0.2) is 43.7 Å². The van der Waals surface area contributed by atoms with Crippen LogP contribution >= 0.6 is 0 Å². The van der Waals surface area contributed by atoms with Gasteiger partial charge in [-0.3, -0.25) is 9.59 Å². The Kier molecular flexibility index (Phi) is 8.85. The zero-order valence-corrected chi connectivity index (χ0v) is 21.0. The number of rotatable bonds is 9. The third-order valence-electron chi connectivity index (χ3n) is 6.28. The number of carbonyl (C=O) groups is 2. The summed E-state index contributed by atoms with van der Waals surface area (Å²) in [5, 5.41) is 5.62. The van der Waals surface area contributed by atoms with Gasteiger partial charge in [0.1, 0.15) is 6.04 Å². The number of nitrogens with zero attached hydrogens (tertiary/aromatic N) is 1. The lowest BCUT2D eigenvalue weighted by atomic mass is 9.97. The van der Waals surface area contributed by atoms with Crippen molar-refractivity contribution in [1.29, 1.82) is 0 Å². The Morgan fingerprint density at radius 2 is 1.65 bits per heavy atom. The minimum absolute atomic E-state index is 0.218. The second kappa shape index (κ2) is 11.6. The molecule has 0 spiro atoms. The Morgan fingerprint density at radius 1 is 1.03 bits per heavy atom. The maximum atomic E-state index is 12.9. The predicted octanol–water partition coefficient (Wildman–Crippen LogP) is 3.88. The first-order valence-corrected chi connectivity index (χ1v) is 13.4. The number of amides is 2. The Hall–Kier alpha value is -2.71. The third-order valence-corrected chi connectivity index (χ3v) is 8.19. The van der Waals surface area contributed by atoms with Crippen LogP contribution in [0, 0.1) is 12.8 Å². The maximum absolute atomic E-state index is 12.9. The van der Waals surface area contributed by atoms with Gasteiger partial charge >= 0.3 is 0 Å². The SMILES string of the molecule is CCCCc1ccc(NC(=O)[C@H](C)NC(=O)C2CCN(S(=O)(=O)c3ccc(C)cc3)CC2)cc1. The summed E-state index contributed by atoms with van der Waals surface area (Å²) in [6.07, 6.45) is 4.13. The van der Waals surface area contributed by atoms with Crippen molar-refractivity contribution in [2.75, 3.05) is 18.4 Å². The molecule has 8 heteroatoms. The van der Waals surface area contributed by atoms with Gasteiger partial charge in [-0.05, 0) is 69.4 Å². The molecule has 0 aliphatic carbocycles. The quantitative estimate of drug-likeness (QED) is 0.563. The molecule has 0 bridgehead atoms. The van der Waals surface area contributed by atoms with E-state index in [4.69, 9.17) is 0 Å². The zero-order chi connectivity index (χ0) is 24.7. The van der Waals surface area contributed by atoms with E-state index in [0.29, 0.717) is 18.5 Å². The second-order valence-corrected chi connectivity index (χ2v) is 10.9. The van der Waals surface area contributed by atoms with E-state index in [9.17, 15) is 18.0 Å². The molecule has 1 aliphatic rings. The Bertz CT molecular complexity index is 1070. The van der Waals surface area contributed by atoms with Crippen LogP contribution in [-0.2, 0) is 26.0 Å². The van der Waals surface area contributed by atoms with E-state index < -0.39 is 16.1 Å². The fourth-order valence-corrected chi connectivity index (χ4v) is 5.47. The van der Waals surface area contributed by atoms with Crippen LogP contribution in [0.2, 0.25) is 0 Å². The highest BCUT2D eigenvalue weighted by atomic mass is 32.2. The van der Waals surface area contributed by atoms with E-state index >= 15 is 0 Å². The van der Waals surface area contributed by atoms with E-state index in [0.717, 1.165) is 24.8 Å². The van der Waals surface area contributed by atoms with Crippen molar-refractivity contribution in [3.63, 3.8) is 0 Å². The van der Waals surface area contributed by atoms with Gasteiger partial charge in [0, 0.05) is 24.7 Å². The lowest BCUT2D eigenvalue weighted by molar-refractivity contribution is -0.129. The number of nitrogens with one attached hydrogen (secondary N) is 2. The predicted molar refractivity (Wildman–Crippen MR) is 134 cm³/mol. The van der Waals surface area contributed by atoms with E-state index in [1.165, 1.54) is 9.87 Å². The highest BCUT2D eigenvalue weighted by Crippen LogP contribution is 2.24. The highest BCUT2D eigenvalue weighted by Gasteiger charge is 2.32. The first kappa shape index (κ1) is 25.9. The average molecular weight is 486 g/mol. The van der Waals surface area contributed by atoms with Crippen molar-refractivity contribution < 1.29 is 18.0 Å². The lowest BCUT2D eigenvalue weighted by Gasteiger charge is -2.31. The summed E-state index contributed by atoms with van der Waals surface area (Å²) in [7, 11) is -3.57. The monoisotopic (exact) mass is 485 g/mol. The summed E-state index contributed by atoms with van der Waals surface area (Å²) in [6.45, 7) is 6.27. The molecule has 0 saturated carbocycles. The molecule has 1 heterocycles. The Morgan fingerprint density at radius 3 is 2.24 bits per heavy atom. The summed E-state index contributed by atoms with van der Waals surface area (Å²) >= 11 is 0. The topological polar surface area (TPSA) is 95.6 Å². The van der Waals surface area contributed by atoms with Gasteiger partial charge in [0.25, 0.3) is 0 Å². The molecule has 0 radical (unpaired) electrons. The maximum Gasteiger partial charge on any atom is 0.246 e. The minimum atomic E-state index is -3.57. The van der Waals surface area contributed by atoms with Crippen LogP contribution in [0.1, 0.15) is 50.7 Å². The van der Waals surface area contributed by atoms with E-state index in [-0.39, 0.29) is 35.7 Å². The normalized spacial score (nSPS) is 16.1. The van der Waals surface area contributed by atoms with Crippen molar-refractivity contribution in [1.82, 2.24) is 9.62 Å². The summed E-state index contributed by atoms with van der Waals surface area (Å²) in [4.78, 5) is 25.5. The molecule has 1 saturated heterocycles.